The van der Waals surface area contributed by atoms with Crippen LogP contribution in [0.2, 0.25) is 0 Å². The van der Waals surface area contributed by atoms with E-state index in [0.29, 0.717) is 41.2 Å². The number of piperidine rings is 1. The smallest absolute Gasteiger partial charge is 0.258 e. The zero-order valence-corrected chi connectivity index (χ0v) is 18.2. The van der Waals surface area contributed by atoms with Gasteiger partial charge in [-0.1, -0.05) is 6.42 Å². The van der Waals surface area contributed by atoms with Gasteiger partial charge in [0.1, 0.15) is 11.3 Å². The summed E-state index contributed by atoms with van der Waals surface area (Å²) in [7, 11) is -3.55. The van der Waals surface area contributed by atoms with E-state index in [1.54, 1.807) is 13.8 Å². The number of sulfonamides is 1. The Balaban J connectivity index is 1.59. The van der Waals surface area contributed by atoms with Crippen LogP contribution in [-0.2, 0) is 10.0 Å². The second kappa shape index (κ2) is 8.32. The minimum atomic E-state index is -3.55. The molecule has 0 spiro atoms. The summed E-state index contributed by atoms with van der Waals surface area (Å²) in [5, 5.41) is 2.69. The number of nitrogens with zero attached hydrogens (tertiary/aromatic N) is 3. The number of anilines is 1. The van der Waals surface area contributed by atoms with Gasteiger partial charge in [0.2, 0.25) is 10.0 Å². The van der Waals surface area contributed by atoms with Gasteiger partial charge >= 0.3 is 0 Å². The minimum absolute atomic E-state index is 0.0654. The van der Waals surface area contributed by atoms with Crippen LogP contribution in [-0.4, -0.2) is 41.7 Å². The number of fused-ring (bicyclic) bond motifs is 1. The minimum Gasteiger partial charge on any atom is -0.322 e. The Labute approximate surface area is 180 Å². The van der Waals surface area contributed by atoms with Crippen molar-refractivity contribution in [3.8, 4) is 0 Å². The summed E-state index contributed by atoms with van der Waals surface area (Å²) in [6.07, 6.45) is 2.75. The molecule has 3 aromatic rings. The topological polar surface area (TPSA) is 92.3 Å². The zero-order chi connectivity index (χ0) is 22.2. The molecular formula is C22H23FN4O3S. The van der Waals surface area contributed by atoms with Gasteiger partial charge in [-0.05, 0) is 57.0 Å². The highest BCUT2D eigenvalue weighted by Crippen LogP contribution is 2.24. The van der Waals surface area contributed by atoms with Crippen molar-refractivity contribution in [2.24, 2.45) is 0 Å². The van der Waals surface area contributed by atoms with Crippen LogP contribution in [0.15, 0.2) is 41.3 Å². The van der Waals surface area contributed by atoms with Crippen molar-refractivity contribution < 1.29 is 17.6 Å². The first-order chi connectivity index (χ1) is 14.8. The Morgan fingerprint density at radius 1 is 1.00 bits per heavy atom. The fourth-order valence-corrected chi connectivity index (χ4v) is 5.15. The zero-order valence-electron chi connectivity index (χ0n) is 17.4. The summed E-state index contributed by atoms with van der Waals surface area (Å²) < 4.78 is 41.1. The number of rotatable bonds is 4. The predicted octanol–water partition coefficient (Wildman–Crippen LogP) is 3.81. The molecule has 162 valence electrons. The number of aryl methyl sites for hydroxylation is 2. The summed E-state index contributed by atoms with van der Waals surface area (Å²) in [5.74, 6) is -1.13. The van der Waals surface area contributed by atoms with Gasteiger partial charge in [0.25, 0.3) is 5.91 Å². The lowest BCUT2D eigenvalue weighted by atomic mass is 10.1. The van der Waals surface area contributed by atoms with Crippen molar-refractivity contribution in [2.45, 2.75) is 38.0 Å². The van der Waals surface area contributed by atoms with E-state index in [-0.39, 0.29) is 10.5 Å². The van der Waals surface area contributed by atoms with Crippen molar-refractivity contribution in [1.82, 2.24) is 14.3 Å². The van der Waals surface area contributed by atoms with Crippen LogP contribution in [0.4, 0.5) is 10.1 Å². The molecule has 1 N–H and O–H groups in total. The lowest BCUT2D eigenvalue weighted by Gasteiger charge is -2.25. The monoisotopic (exact) mass is 442 g/mol. The van der Waals surface area contributed by atoms with Crippen LogP contribution >= 0.6 is 0 Å². The first kappa shape index (κ1) is 21.3. The van der Waals surface area contributed by atoms with Crippen LogP contribution in [0.3, 0.4) is 0 Å². The molecule has 4 rings (SSSR count). The van der Waals surface area contributed by atoms with E-state index in [1.807, 2.05) is 0 Å². The van der Waals surface area contributed by atoms with Gasteiger partial charge in [-0.15, -0.1) is 0 Å². The SMILES string of the molecule is Cc1nc2cc(F)cc(C(=O)Nc3ccc(S(=O)(=O)N4CCCCC4)cc3)c2nc1C. The molecule has 1 aliphatic heterocycles. The lowest BCUT2D eigenvalue weighted by molar-refractivity contribution is 0.102. The molecule has 0 radical (unpaired) electrons. The number of carbonyl (C=O) groups is 1. The van der Waals surface area contributed by atoms with Crippen LogP contribution < -0.4 is 5.32 Å². The first-order valence-corrected chi connectivity index (χ1v) is 11.6. The number of hydrogen-bond donors (Lipinski definition) is 1. The Bertz CT molecular complexity index is 1250. The number of halogens is 1. The van der Waals surface area contributed by atoms with Crippen LogP contribution in [0.5, 0.6) is 0 Å². The average Bonchev–Trinajstić information content (AvgIpc) is 2.75. The number of carbonyl (C=O) groups excluding carboxylic acids is 1. The summed E-state index contributed by atoms with van der Waals surface area (Å²) in [4.78, 5) is 21.7. The third kappa shape index (κ3) is 4.28. The van der Waals surface area contributed by atoms with E-state index >= 15 is 0 Å². The fourth-order valence-electron chi connectivity index (χ4n) is 3.63. The molecule has 1 saturated heterocycles. The Morgan fingerprint density at radius 3 is 2.32 bits per heavy atom. The van der Waals surface area contributed by atoms with Gasteiger partial charge in [-0.2, -0.15) is 4.31 Å². The number of benzene rings is 2. The lowest BCUT2D eigenvalue weighted by Crippen LogP contribution is -2.35. The molecule has 2 aromatic carbocycles. The van der Waals surface area contributed by atoms with Gasteiger partial charge in [0, 0.05) is 24.8 Å². The second-order valence-electron chi connectivity index (χ2n) is 7.66. The van der Waals surface area contributed by atoms with Gasteiger partial charge in [0.15, 0.2) is 0 Å². The molecule has 31 heavy (non-hydrogen) atoms. The molecule has 9 heteroatoms. The molecule has 0 saturated carbocycles. The maximum absolute atomic E-state index is 14.1. The van der Waals surface area contributed by atoms with E-state index in [1.165, 1.54) is 34.6 Å². The predicted molar refractivity (Wildman–Crippen MR) is 116 cm³/mol. The Hall–Kier alpha value is -2.91. The highest BCUT2D eigenvalue weighted by atomic mass is 32.2. The largest absolute Gasteiger partial charge is 0.322 e. The summed E-state index contributed by atoms with van der Waals surface area (Å²) in [6.45, 7) is 4.58. The molecule has 0 aliphatic carbocycles. The van der Waals surface area contributed by atoms with E-state index in [2.05, 4.69) is 15.3 Å². The summed E-state index contributed by atoms with van der Waals surface area (Å²) in [5.41, 5.74) is 2.39. The maximum atomic E-state index is 14.1. The molecule has 1 aliphatic rings. The summed E-state index contributed by atoms with van der Waals surface area (Å²) in [6, 6.07) is 8.35. The van der Waals surface area contributed by atoms with E-state index < -0.39 is 21.7 Å². The molecule has 0 unspecified atom stereocenters. The molecule has 2 heterocycles. The maximum Gasteiger partial charge on any atom is 0.258 e. The summed E-state index contributed by atoms with van der Waals surface area (Å²) >= 11 is 0. The Kier molecular flexibility index (Phi) is 5.72. The van der Waals surface area contributed by atoms with Gasteiger partial charge < -0.3 is 5.32 Å². The Morgan fingerprint density at radius 2 is 1.65 bits per heavy atom. The van der Waals surface area contributed by atoms with Gasteiger partial charge in [0.05, 0.1) is 27.4 Å². The highest BCUT2D eigenvalue weighted by Gasteiger charge is 2.25. The van der Waals surface area contributed by atoms with Crippen molar-refractivity contribution >= 4 is 32.7 Å². The molecule has 7 nitrogen and oxygen atoms in total. The highest BCUT2D eigenvalue weighted by molar-refractivity contribution is 7.89. The quantitative estimate of drug-likeness (QED) is 0.663. The third-order valence-corrected chi connectivity index (χ3v) is 7.37. The fraction of sp³-hybridized carbons (Fsp3) is 0.318. The van der Waals surface area contributed by atoms with E-state index in [9.17, 15) is 17.6 Å². The average molecular weight is 443 g/mol. The number of hydrogen-bond acceptors (Lipinski definition) is 5. The number of aromatic nitrogens is 2. The van der Waals surface area contributed by atoms with Crippen LogP contribution in [0.1, 0.15) is 41.0 Å². The molecule has 0 atom stereocenters. The third-order valence-electron chi connectivity index (χ3n) is 5.46. The van der Waals surface area contributed by atoms with Crippen molar-refractivity contribution in [3.63, 3.8) is 0 Å². The second-order valence-corrected chi connectivity index (χ2v) is 9.60. The number of nitrogens with one attached hydrogen (secondary N) is 1. The van der Waals surface area contributed by atoms with Crippen molar-refractivity contribution in [3.05, 3.63) is 59.2 Å². The van der Waals surface area contributed by atoms with E-state index in [4.69, 9.17) is 0 Å². The van der Waals surface area contributed by atoms with E-state index in [0.717, 1.165) is 25.3 Å². The standard InChI is InChI=1S/C22H23FN4O3S/c1-14-15(2)25-21-19(12-16(23)13-20(21)24-14)22(28)26-17-6-8-18(9-7-17)31(29,30)27-10-4-3-5-11-27/h6-9,12-13H,3-5,10-11H2,1-2H3,(H,26,28). The molecule has 0 bridgehead atoms. The number of amides is 1. The van der Waals surface area contributed by atoms with Crippen LogP contribution in [0.25, 0.3) is 11.0 Å². The van der Waals surface area contributed by atoms with Gasteiger partial charge in [-0.25, -0.2) is 22.8 Å². The molecule has 1 amide bonds. The van der Waals surface area contributed by atoms with Crippen LogP contribution in [0, 0.1) is 19.7 Å². The van der Waals surface area contributed by atoms with Crippen molar-refractivity contribution in [1.29, 1.82) is 0 Å². The normalized spacial score (nSPS) is 15.2. The molecule has 1 aromatic heterocycles. The molecular weight excluding hydrogens is 419 g/mol. The molecule has 1 fully saturated rings. The first-order valence-electron chi connectivity index (χ1n) is 10.1. The van der Waals surface area contributed by atoms with Gasteiger partial charge in [-0.3, -0.25) is 4.79 Å². The van der Waals surface area contributed by atoms with Crippen molar-refractivity contribution in [2.75, 3.05) is 18.4 Å².